The average Bonchev–Trinajstić information content (AvgIpc) is 2.74. The van der Waals surface area contributed by atoms with Gasteiger partial charge in [0, 0.05) is 4.47 Å². The Kier molecular flexibility index (Phi) is 8.04. The minimum absolute atomic E-state index is 0.129. The minimum atomic E-state index is -3.81. The third-order valence-electron chi connectivity index (χ3n) is 5.04. The fourth-order valence-electron chi connectivity index (χ4n) is 2.91. The van der Waals surface area contributed by atoms with Crippen molar-refractivity contribution in [3.63, 3.8) is 0 Å². The molecule has 158 valence electrons. The van der Waals surface area contributed by atoms with Crippen LogP contribution in [0.2, 0.25) is 0 Å². The summed E-state index contributed by atoms with van der Waals surface area (Å²) in [7, 11) is -3.81. The highest BCUT2D eigenvalue weighted by molar-refractivity contribution is 9.10. The van der Waals surface area contributed by atoms with Crippen molar-refractivity contribution in [3.8, 4) is 0 Å². The summed E-state index contributed by atoms with van der Waals surface area (Å²) in [5, 5.41) is 0. The number of hydrogen-bond donors (Lipinski definition) is 0. The molecule has 0 spiro atoms. The van der Waals surface area contributed by atoms with Crippen LogP contribution in [0.15, 0.2) is 71.2 Å². The van der Waals surface area contributed by atoms with Gasteiger partial charge in [-0.3, -0.25) is 13.6 Å². The van der Waals surface area contributed by atoms with Gasteiger partial charge in [0.2, 0.25) is 0 Å². The van der Waals surface area contributed by atoms with Gasteiger partial charge >= 0.3 is 7.82 Å². The van der Waals surface area contributed by atoms with Gasteiger partial charge in [0.1, 0.15) is 0 Å². The maximum atomic E-state index is 13.5. The van der Waals surface area contributed by atoms with Crippen LogP contribution >= 0.6 is 23.8 Å². The molecule has 0 radical (unpaired) electrons. The molecule has 0 fully saturated rings. The van der Waals surface area contributed by atoms with Crippen molar-refractivity contribution in [3.05, 3.63) is 105 Å². The maximum absolute atomic E-state index is 13.5. The lowest BCUT2D eigenvalue weighted by Gasteiger charge is -2.20. The largest absolute Gasteiger partial charge is 0.475 e. The van der Waals surface area contributed by atoms with Gasteiger partial charge in [-0.05, 0) is 60.2 Å². The lowest BCUT2D eigenvalue weighted by Crippen LogP contribution is -2.04. The smallest absolute Gasteiger partial charge is 0.282 e. The second-order valence-corrected chi connectivity index (χ2v) is 9.67. The number of hydrogen-bond acceptors (Lipinski definition) is 4. The third kappa shape index (κ3) is 6.13. The molecule has 0 saturated heterocycles. The molecule has 0 heterocycles. The zero-order chi connectivity index (χ0) is 21.6. The molecule has 0 N–H and O–H groups in total. The molecule has 3 rings (SSSR count). The molecule has 6 heteroatoms. The van der Waals surface area contributed by atoms with Gasteiger partial charge in [0.25, 0.3) is 0 Å². The molecule has 0 aliphatic rings. The van der Waals surface area contributed by atoms with Gasteiger partial charge in [0.15, 0.2) is 0 Å². The highest BCUT2D eigenvalue weighted by Crippen LogP contribution is 2.52. The van der Waals surface area contributed by atoms with E-state index in [9.17, 15) is 4.57 Å². The molecule has 0 saturated carbocycles. The van der Waals surface area contributed by atoms with E-state index in [-0.39, 0.29) is 19.8 Å². The Morgan fingerprint density at radius 1 is 0.667 bits per heavy atom. The summed E-state index contributed by atoms with van der Waals surface area (Å²) in [4.78, 5) is 0. The van der Waals surface area contributed by atoms with Gasteiger partial charge in [-0.25, -0.2) is 4.57 Å². The molecular weight excluding hydrogens is 463 g/mol. The Labute approximate surface area is 186 Å². The second kappa shape index (κ2) is 10.5. The number of phosphoric acid groups is 1. The summed E-state index contributed by atoms with van der Waals surface area (Å²) < 4.78 is 31.7. The summed E-state index contributed by atoms with van der Waals surface area (Å²) in [6.45, 7) is 6.39. The molecule has 30 heavy (non-hydrogen) atoms. The van der Waals surface area contributed by atoms with Crippen molar-refractivity contribution in [2.24, 2.45) is 0 Å². The molecule has 0 atom stereocenters. The van der Waals surface area contributed by atoms with E-state index < -0.39 is 7.82 Å². The Bertz CT molecular complexity index is 997. The van der Waals surface area contributed by atoms with Crippen LogP contribution in [-0.2, 0) is 38.0 Å². The van der Waals surface area contributed by atoms with Crippen molar-refractivity contribution in [2.75, 3.05) is 0 Å². The van der Waals surface area contributed by atoms with Crippen LogP contribution in [0.5, 0.6) is 0 Å². The molecule has 0 bridgehead atoms. The zero-order valence-electron chi connectivity index (χ0n) is 17.4. The number of phosphoric ester groups is 1. The second-order valence-electron chi connectivity index (χ2n) is 7.14. The Hall–Kier alpha value is -1.75. The van der Waals surface area contributed by atoms with Gasteiger partial charge in [-0.1, -0.05) is 76.6 Å². The van der Waals surface area contributed by atoms with E-state index in [0.29, 0.717) is 0 Å². The highest BCUT2D eigenvalue weighted by atomic mass is 79.9. The first-order chi connectivity index (χ1) is 14.4. The first-order valence-electron chi connectivity index (χ1n) is 9.74. The van der Waals surface area contributed by atoms with Crippen molar-refractivity contribution >= 4 is 23.8 Å². The molecule has 0 aliphatic carbocycles. The van der Waals surface area contributed by atoms with Crippen LogP contribution in [0.25, 0.3) is 0 Å². The minimum Gasteiger partial charge on any atom is -0.282 e. The third-order valence-corrected chi connectivity index (χ3v) is 7.23. The number of aryl methyl sites for hydroxylation is 2. The highest BCUT2D eigenvalue weighted by Gasteiger charge is 2.28. The summed E-state index contributed by atoms with van der Waals surface area (Å²) >= 11 is 3.52. The Morgan fingerprint density at radius 2 is 1.10 bits per heavy atom. The fourth-order valence-corrected chi connectivity index (χ4v) is 4.43. The summed E-state index contributed by atoms with van der Waals surface area (Å²) in [6.07, 6.45) is 0. The Balaban J connectivity index is 1.76. The molecule has 4 nitrogen and oxygen atoms in total. The molecular formula is C24H26BrO4P. The van der Waals surface area contributed by atoms with Crippen molar-refractivity contribution in [2.45, 2.75) is 40.6 Å². The van der Waals surface area contributed by atoms with E-state index in [1.54, 1.807) is 0 Å². The number of halogens is 1. The van der Waals surface area contributed by atoms with E-state index in [1.807, 2.05) is 87.5 Å². The van der Waals surface area contributed by atoms with Crippen molar-refractivity contribution < 1.29 is 18.1 Å². The van der Waals surface area contributed by atoms with Crippen LogP contribution in [0, 0.1) is 20.8 Å². The topological polar surface area (TPSA) is 44.8 Å². The SMILES string of the molecule is Cc1ccccc1COP(=O)(OCc1ccccc1C)OCc1cccc(Br)c1C. The zero-order valence-corrected chi connectivity index (χ0v) is 19.9. The number of rotatable bonds is 9. The lowest BCUT2D eigenvalue weighted by molar-refractivity contribution is 0.0975. The molecule has 0 aromatic heterocycles. The van der Waals surface area contributed by atoms with E-state index in [0.717, 1.165) is 37.9 Å². The van der Waals surface area contributed by atoms with Crippen LogP contribution in [0.3, 0.4) is 0 Å². The van der Waals surface area contributed by atoms with Crippen LogP contribution in [0.1, 0.15) is 33.4 Å². The summed E-state index contributed by atoms with van der Waals surface area (Å²) in [5.74, 6) is 0. The van der Waals surface area contributed by atoms with Gasteiger partial charge < -0.3 is 0 Å². The first kappa shape index (κ1) is 22.9. The molecule has 3 aromatic rings. The van der Waals surface area contributed by atoms with Gasteiger partial charge in [-0.2, -0.15) is 0 Å². The van der Waals surface area contributed by atoms with E-state index in [2.05, 4.69) is 15.9 Å². The predicted octanol–water partition coefficient (Wildman–Crippen LogP) is 7.43. The lowest BCUT2D eigenvalue weighted by atomic mass is 10.1. The van der Waals surface area contributed by atoms with Crippen molar-refractivity contribution in [1.82, 2.24) is 0 Å². The monoisotopic (exact) mass is 488 g/mol. The Morgan fingerprint density at radius 3 is 1.60 bits per heavy atom. The molecule has 0 amide bonds. The molecule has 3 aromatic carbocycles. The van der Waals surface area contributed by atoms with E-state index in [4.69, 9.17) is 13.6 Å². The number of benzene rings is 3. The van der Waals surface area contributed by atoms with Gasteiger partial charge in [0.05, 0.1) is 19.8 Å². The van der Waals surface area contributed by atoms with Crippen LogP contribution in [0.4, 0.5) is 0 Å². The quantitative estimate of drug-likeness (QED) is 0.293. The molecule has 0 aliphatic heterocycles. The van der Waals surface area contributed by atoms with E-state index in [1.165, 1.54) is 0 Å². The van der Waals surface area contributed by atoms with E-state index >= 15 is 0 Å². The standard InChI is InChI=1S/C24H26BrO4P/c1-18-9-4-6-11-21(18)15-27-30(26,28-16-22-12-7-5-10-19(22)2)29-17-23-13-8-14-24(25)20(23)3/h4-14H,15-17H2,1-3H3. The van der Waals surface area contributed by atoms with Gasteiger partial charge in [-0.15, -0.1) is 0 Å². The summed E-state index contributed by atoms with van der Waals surface area (Å²) in [5.41, 5.74) is 5.96. The maximum Gasteiger partial charge on any atom is 0.475 e. The average molecular weight is 489 g/mol. The van der Waals surface area contributed by atoms with Crippen LogP contribution in [-0.4, -0.2) is 0 Å². The predicted molar refractivity (Wildman–Crippen MR) is 123 cm³/mol. The molecule has 0 unspecified atom stereocenters. The first-order valence-corrected chi connectivity index (χ1v) is 12.0. The summed E-state index contributed by atoms with van der Waals surface area (Å²) in [6, 6.07) is 21.5. The normalized spacial score (nSPS) is 11.6. The fraction of sp³-hybridized carbons (Fsp3) is 0.250. The van der Waals surface area contributed by atoms with Crippen LogP contribution < -0.4 is 0 Å². The van der Waals surface area contributed by atoms with Crippen molar-refractivity contribution in [1.29, 1.82) is 0 Å².